The number of hydrogen-bond acceptors (Lipinski definition) is 6. The van der Waals surface area contributed by atoms with E-state index in [2.05, 4.69) is 10.0 Å². The second kappa shape index (κ2) is 10.3. The van der Waals surface area contributed by atoms with E-state index in [0.29, 0.717) is 19.5 Å². The van der Waals surface area contributed by atoms with Crippen LogP contribution in [-0.4, -0.2) is 56.2 Å². The molecule has 32 heavy (non-hydrogen) atoms. The highest BCUT2D eigenvalue weighted by Gasteiger charge is 2.33. The number of likely N-dealkylation sites (tertiary alicyclic amines) is 1. The molecule has 1 saturated heterocycles. The van der Waals surface area contributed by atoms with E-state index >= 15 is 0 Å². The summed E-state index contributed by atoms with van der Waals surface area (Å²) in [5.41, 5.74) is 0.785. The Labute approximate surface area is 185 Å². The maximum Gasteiger partial charge on any atom is 0.270 e. The number of benzene rings is 2. The lowest BCUT2D eigenvalue weighted by Crippen LogP contribution is -2.38. The number of sulfonamides is 1. The molecular weight excluding hydrogens is 436 g/mol. The Morgan fingerprint density at radius 3 is 2.59 bits per heavy atom. The van der Waals surface area contributed by atoms with Gasteiger partial charge in [0.05, 0.1) is 15.7 Å². The molecule has 0 bridgehead atoms. The van der Waals surface area contributed by atoms with Crippen LogP contribution in [0.3, 0.4) is 0 Å². The molecule has 11 heteroatoms. The number of nitrogens with one attached hydrogen (secondary N) is 2. The Bertz CT molecular complexity index is 1090. The summed E-state index contributed by atoms with van der Waals surface area (Å²) in [5, 5.41) is 13.5. The lowest BCUT2D eigenvalue weighted by molar-refractivity contribution is -0.385. The third-order valence-electron chi connectivity index (χ3n) is 5.15. The number of amides is 2. The zero-order valence-corrected chi connectivity index (χ0v) is 18.1. The van der Waals surface area contributed by atoms with Crippen LogP contribution in [0.15, 0.2) is 59.5 Å². The molecule has 2 N–H and O–H groups in total. The van der Waals surface area contributed by atoms with Crippen molar-refractivity contribution in [2.45, 2.75) is 17.7 Å². The monoisotopic (exact) mass is 460 g/mol. The predicted octanol–water partition coefficient (Wildman–Crippen LogP) is 1.08. The molecule has 1 aliphatic rings. The van der Waals surface area contributed by atoms with Crippen molar-refractivity contribution in [2.75, 3.05) is 26.2 Å². The van der Waals surface area contributed by atoms with Crippen LogP contribution in [0.25, 0.3) is 0 Å². The zero-order chi connectivity index (χ0) is 23.1. The molecule has 1 fully saturated rings. The van der Waals surface area contributed by atoms with Gasteiger partial charge in [-0.05, 0) is 18.1 Å². The molecule has 0 aromatic heterocycles. The highest BCUT2D eigenvalue weighted by molar-refractivity contribution is 7.89. The Morgan fingerprint density at radius 1 is 1.12 bits per heavy atom. The molecule has 2 aromatic carbocycles. The van der Waals surface area contributed by atoms with E-state index in [1.54, 1.807) is 4.90 Å². The number of rotatable bonds is 10. The van der Waals surface area contributed by atoms with Crippen molar-refractivity contribution >= 4 is 27.5 Å². The van der Waals surface area contributed by atoms with Crippen LogP contribution in [-0.2, 0) is 26.0 Å². The summed E-state index contributed by atoms with van der Waals surface area (Å²) in [5.74, 6) is -0.866. The average molecular weight is 461 g/mol. The van der Waals surface area contributed by atoms with Crippen LogP contribution in [0.5, 0.6) is 0 Å². The van der Waals surface area contributed by atoms with E-state index in [1.807, 2.05) is 30.3 Å². The quantitative estimate of drug-likeness (QED) is 0.309. The Morgan fingerprint density at radius 2 is 1.88 bits per heavy atom. The average Bonchev–Trinajstić information content (AvgIpc) is 3.16. The molecule has 0 radical (unpaired) electrons. The van der Waals surface area contributed by atoms with Gasteiger partial charge >= 0.3 is 0 Å². The van der Waals surface area contributed by atoms with Crippen molar-refractivity contribution in [2.24, 2.45) is 5.92 Å². The van der Waals surface area contributed by atoms with Crippen molar-refractivity contribution in [3.8, 4) is 0 Å². The first-order valence-corrected chi connectivity index (χ1v) is 11.6. The molecule has 3 rings (SSSR count). The fourth-order valence-electron chi connectivity index (χ4n) is 3.44. The maximum atomic E-state index is 12.4. The molecule has 0 spiro atoms. The largest absolute Gasteiger partial charge is 0.354 e. The lowest BCUT2D eigenvalue weighted by atomic mass is 10.1. The van der Waals surface area contributed by atoms with Crippen LogP contribution in [0, 0.1) is 16.0 Å². The first-order valence-electron chi connectivity index (χ1n) is 10.1. The summed E-state index contributed by atoms with van der Waals surface area (Å²) in [6, 6.07) is 14.5. The van der Waals surface area contributed by atoms with Gasteiger partial charge in [0.15, 0.2) is 0 Å². The third-order valence-corrected chi connectivity index (χ3v) is 6.61. The molecule has 1 atom stereocenters. The van der Waals surface area contributed by atoms with Crippen LogP contribution < -0.4 is 10.0 Å². The van der Waals surface area contributed by atoms with Crippen LogP contribution in [0.1, 0.15) is 12.0 Å². The Balaban J connectivity index is 1.43. The lowest BCUT2D eigenvalue weighted by Gasteiger charge is -2.16. The van der Waals surface area contributed by atoms with Crippen molar-refractivity contribution in [1.82, 2.24) is 14.9 Å². The van der Waals surface area contributed by atoms with E-state index in [1.165, 1.54) is 18.2 Å². The van der Waals surface area contributed by atoms with Crippen LogP contribution in [0.4, 0.5) is 5.69 Å². The van der Waals surface area contributed by atoms with Gasteiger partial charge in [-0.15, -0.1) is 0 Å². The van der Waals surface area contributed by atoms with E-state index in [4.69, 9.17) is 0 Å². The molecule has 1 heterocycles. The molecule has 170 valence electrons. The van der Waals surface area contributed by atoms with E-state index in [0.717, 1.165) is 11.6 Å². The zero-order valence-electron chi connectivity index (χ0n) is 17.3. The SMILES string of the molecule is O=C(NCCNS(=O)(=O)c1cccc([N+](=O)[O-])c1)C1CC(=O)N(CCc2ccccc2)C1. The summed E-state index contributed by atoms with van der Waals surface area (Å²) < 4.78 is 26.9. The second-order valence-corrected chi connectivity index (χ2v) is 9.19. The van der Waals surface area contributed by atoms with Gasteiger partial charge < -0.3 is 10.2 Å². The van der Waals surface area contributed by atoms with Gasteiger partial charge in [-0.1, -0.05) is 36.4 Å². The fourth-order valence-corrected chi connectivity index (χ4v) is 4.51. The molecule has 1 aliphatic heterocycles. The Kier molecular flexibility index (Phi) is 7.54. The molecule has 1 unspecified atom stereocenters. The third kappa shape index (κ3) is 6.11. The summed E-state index contributed by atoms with van der Waals surface area (Å²) in [4.78, 5) is 36.2. The number of nitrogens with zero attached hydrogens (tertiary/aromatic N) is 2. The van der Waals surface area contributed by atoms with Gasteiger partial charge in [0.1, 0.15) is 0 Å². The van der Waals surface area contributed by atoms with Crippen molar-refractivity contribution in [1.29, 1.82) is 0 Å². The molecule has 0 aliphatic carbocycles. The summed E-state index contributed by atoms with van der Waals surface area (Å²) in [6.07, 6.45) is 0.834. The highest BCUT2D eigenvalue weighted by Crippen LogP contribution is 2.19. The minimum Gasteiger partial charge on any atom is -0.354 e. The van der Waals surface area contributed by atoms with Crippen molar-refractivity contribution in [3.63, 3.8) is 0 Å². The van der Waals surface area contributed by atoms with E-state index < -0.39 is 20.9 Å². The standard InChI is InChI=1S/C21H24N4O6S/c26-20-13-17(15-24(20)12-9-16-5-2-1-3-6-16)21(27)22-10-11-23-32(30,31)19-8-4-7-18(14-19)25(28)29/h1-8,14,17,23H,9-13,15H2,(H,22,27). The summed E-state index contributed by atoms with van der Waals surface area (Å²) in [6.45, 7) is 0.809. The van der Waals surface area contributed by atoms with Crippen molar-refractivity contribution in [3.05, 3.63) is 70.3 Å². The van der Waals surface area contributed by atoms with Gasteiger partial charge in [-0.2, -0.15) is 0 Å². The number of nitro groups is 1. The first kappa shape index (κ1) is 23.4. The van der Waals surface area contributed by atoms with E-state index in [-0.39, 0.29) is 41.9 Å². The van der Waals surface area contributed by atoms with Crippen LogP contribution in [0.2, 0.25) is 0 Å². The highest BCUT2D eigenvalue weighted by atomic mass is 32.2. The van der Waals surface area contributed by atoms with Gasteiger partial charge in [0.25, 0.3) is 5.69 Å². The summed E-state index contributed by atoms with van der Waals surface area (Å²) >= 11 is 0. The van der Waals surface area contributed by atoms with E-state index in [9.17, 15) is 28.1 Å². The minimum atomic E-state index is -3.95. The Hall–Kier alpha value is -3.31. The van der Waals surface area contributed by atoms with Crippen molar-refractivity contribution < 1.29 is 22.9 Å². The number of carbonyl (C=O) groups is 2. The molecule has 0 saturated carbocycles. The smallest absolute Gasteiger partial charge is 0.270 e. The molecular formula is C21H24N4O6S. The first-order chi connectivity index (χ1) is 15.3. The molecule has 2 aromatic rings. The fraction of sp³-hybridized carbons (Fsp3) is 0.333. The second-order valence-electron chi connectivity index (χ2n) is 7.42. The number of carbonyl (C=O) groups excluding carboxylic acids is 2. The minimum absolute atomic E-state index is 0.0295. The topological polar surface area (TPSA) is 139 Å². The molecule has 10 nitrogen and oxygen atoms in total. The van der Waals surface area contributed by atoms with Crippen LogP contribution >= 0.6 is 0 Å². The number of nitro benzene ring substituents is 1. The predicted molar refractivity (Wildman–Crippen MR) is 116 cm³/mol. The normalized spacial score (nSPS) is 16.2. The van der Waals surface area contributed by atoms with Gasteiger partial charge in [-0.3, -0.25) is 19.7 Å². The van der Waals surface area contributed by atoms with Gasteiger partial charge in [-0.25, -0.2) is 13.1 Å². The van der Waals surface area contributed by atoms with Gasteiger partial charge in [0, 0.05) is 44.7 Å². The maximum absolute atomic E-state index is 12.4. The number of hydrogen-bond donors (Lipinski definition) is 2. The van der Waals surface area contributed by atoms with Gasteiger partial charge in [0.2, 0.25) is 21.8 Å². The molecule has 2 amide bonds. The number of non-ortho nitro benzene ring substituents is 1. The summed E-state index contributed by atoms with van der Waals surface area (Å²) in [7, 11) is -3.95.